The van der Waals surface area contributed by atoms with Gasteiger partial charge in [-0.25, -0.2) is 9.83 Å². The average molecular weight is 587 g/mol. The number of fused-ring (bicyclic) bond motifs is 2. The van der Waals surface area contributed by atoms with E-state index in [1.54, 1.807) is 12.4 Å². The summed E-state index contributed by atoms with van der Waals surface area (Å²) in [5.74, 6) is 0. The molecule has 0 N–H and O–H groups in total. The summed E-state index contributed by atoms with van der Waals surface area (Å²) >= 11 is 0. The molecule has 4 nitrogen and oxygen atoms in total. The fraction of sp³-hybridized carbons (Fsp3) is 0. The summed E-state index contributed by atoms with van der Waals surface area (Å²) in [6.07, 6.45) is 3.60. The lowest BCUT2D eigenvalue weighted by molar-refractivity contribution is 1.22. The minimum absolute atomic E-state index is 0.629. The van der Waals surface area contributed by atoms with Crippen molar-refractivity contribution in [1.82, 2.24) is 15.0 Å². The molecule has 0 fully saturated rings. The standard InChI is InChI=1S/C42H26N4/c1-43-34-18-16-28(17-19-34)36-23-29-10-2-3-11-30(29)24-38(36)32-22-31-12-4-5-13-35(31)37(25-32)33-26-41(39-14-6-8-20-44-39)46-42(27-33)40-15-7-9-21-45-40/h2-27H. The molecule has 5 aromatic carbocycles. The third-order valence-electron chi connectivity index (χ3n) is 8.36. The van der Waals surface area contributed by atoms with Crippen LogP contribution in [0.15, 0.2) is 158 Å². The normalized spacial score (nSPS) is 11.0. The average Bonchev–Trinajstić information content (AvgIpc) is 3.14. The number of benzene rings is 5. The zero-order chi connectivity index (χ0) is 30.9. The number of rotatable bonds is 5. The van der Waals surface area contributed by atoms with Crippen molar-refractivity contribution >= 4 is 27.2 Å². The van der Waals surface area contributed by atoms with Crippen LogP contribution in [0.1, 0.15) is 0 Å². The van der Waals surface area contributed by atoms with E-state index >= 15 is 0 Å². The minimum atomic E-state index is 0.629. The van der Waals surface area contributed by atoms with Gasteiger partial charge < -0.3 is 0 Å². The van der Waals surface area contributed by atoms with Crippen molar-refractivity contribution in [1.29, 1.82) is 0 Å². The third kappa shape index (κ3) is 5.06. The van der Waals surface area contributed by atoms with E-state index in [4.69, 9.17) is 11.6 Å². The van der Waals surface area contributed by atoms with Crippen LogP contribution in [0.2, 0.25) is 0 Å². The Morgan fingerprint density at radius 2 is 0.957 bits per heavy atom. The first-order valence-electron chi connectivity index (χ1n) is 15.1. The second-order valence-corrected chi connectivity index (χ2v) is 11.2. The van der Waals surface area contributed by atoms with E-state index in [0.717, 1.165) is 66.9 Å². The molecule has 8 rings (SSSR count). The van der Waals surface area contributed by atoms with Gasteiger partial charge in [-0.1, -0.05) is 84.9 Å². The highest BCUT2D eigenvalue weighted by molar-refractivity contribution is 6.04. The fourth-order valence-corrected chi connectivity index (χ4v) is 6.12. The Morgan fingerprint density at radius 3 is 1.54 bits per heavy atom. The van der Waals surface area contributed by atoms with Gasteiger partial charge in [-0.2, -0.15) is 0 Å². The molecule has 0 aliphatic rings. The Kier molecular flexibility index (Phi) is 6.83. The molecule has 0 saturated carbocycles. The topological polar surface area (TPSA) is 43.0 Å². The molecule has 3 aromatic heterocycles. The maximum Gasteiger partial charge on any atom is 0.187 e. The van der Waals surface area contributed by atoms with Crippen molar-refractivity contribution in [3.63, 3.8) is 0 Å². The lowest BCUT2D eigenvalue weighted by Crippen LogP contribution is -1.95. The van der Waals surface area contributed by atoms with E-state index in [0.29, 0.717) is 5.69 Å². The largest absolute Gasteiger partial charge is 0.255 e. The molecule has 4 heteroatoms. The Hall–Kier alpha value is -6.44. The Bertz CT molecular complexity index is 2350. The molecule has 3 heterocycles. The number of hydrogen-bond donors (Lipinski definition) is 0. The number of aromatic nitrogens is 3. The van der Waals surface area contributed by atoms with Gasteiger partial charge in [0.2, 0.25) is 0 Å². The van der Waals surface area contributed by atoms with E-state index in [-0.39, 0.29) is 0 Å². The molecule has 46 heavy (non-hydrogen) atoms. The second kappa shape index (κ2) is 11.6. The lowest BCUT2D eigenvalue weighted by Gasteiger charge is -2.17. The monoisotopic (exact) mass is 586 g/mol. The van der Waals surface area contributed by atoms with Crippen LogP contribution in [0, 0.1) is 6.57 Å². The molecule has 0 aliphatic heterocycles. The van der Waals surface area contributed by atoms with Crippen LogP contribution in [0.3, 0.4) is 0 Å². The van der Waals surface area contributed by atoms with Gasteiger partial charge in [-0.05, 0) is 116 Å². The molecule has 0 radical (unpaired) electrons. The molecular formula is C42H26N4. The van der Waals surface area contributed by atoms with Crippen LogP contribution in [0.5, 0.6) is 0 Å². The van der Waals surface area contributed by atoms with Crippen molar-refractivity contribution in [3.05, 3.63) is 169 Å². The molecule has 0 bridgehead atoms. The molecule has 0 aliphatic carbocycles. The van der Waals surface area contributed by atoms with Crippen molar-refractivity contribution < 1.29 is 0 Å². The van der Waals surface area contributed by atoms with Crippen LogP contribution < -0.4 is 0 Å². The van der Waals surface area contributed by atoms with Crippen LogP contribution in [0.4, 0.5) is 5.69 Å². The predicted octanol–water partition coefficient (Wildman–Crippen LogP) is 11.1. The zero-order valence-electron chi connectivity index (χ0n) is 24.8. The molecule has 8 aromatic rings. The maximum atomic E-state index is 7.44. The highest BCUT2D eigenvalue weighted by atomic mass is 14.8. The van der Waals surface area contributed by atoms with Crippen molar-refractivity contribution in [2.45, 2.75) is 0 Å². The first kappa shape index (κ1) is 27.1. The minimum Gasteiger partial charge on any atom is -0.255 e. The first-order valence-corrected chi connectivity index (χ1v) is 15.1. The van der Waals surface area contributed by atoms with E-state index in [2.05, 4.69) is 99.7 Å². The zero-order valence-corrected chi connectivity index (χ0v) is 24.8. The predicted molar refractivity (Wildman–Crippen MR) is 188 cm³/mol. The summed E-state index contributed by atoms with van der Waals surface area (Å²) in [7, 11) is 0. The van der Waals surface area contributed by atoms with E-state index in [9.17, 15) is 0 Å². The lowest BCUT2D eigenvalue weighted by atomic mass is 9.88. The molecule has 0 unspecified atom stereocenters. The van der Waals surface area contributed by atoms with E-state index in [1.807, 2.05) is 60.7 Å². The molecule has 0 saturated heterocycles. The van der Waals surface area contributed by atoms with Gasteiger partial charge in [0.15, 0.2) is 5.69 Å². The van der Waals surface area contributed by atoms with Crippen LogP contribution in [0.25, 0.3) is 82.5 Å². The summed E-state index contributed by atoms with van der Waals surface area (Å²) in [6.45, 7) is 7.44. The Morgan fingerprint density at radius 1 is 0.413 bits per heavy atom. The molecule has 214 valence electrons. The van der Waals surface area contributed by atoms with Gasteiger partial charge in [0.1, 0.15) is 0 Å². The summed E-state index contributed by atoms with van der Waals surface area (Å²) in [5.41, 5.74) is 10.4. The summed E-state index contributed by atoms with van der Waals surface area (Å²) < 4.78 is 0. The van der Waals surface area contributed by atoms with Gasteiger partial charge in [0.05, 0.1) is 29.3 Å². The third-order valence-corrected chi connectivity index (χ3v) is 8.36. The van der Waals surface area contributed by atoms with Crippen LogP contribution in [-0.2, 0) is 0 Å². The molecule has 0 spiro atoms. The first-order chi connectivity index (χ1) is 22.7. The van der Waals surface area contributed by atoms with E-state index < -0.39 is 0 Å². The highest BCUT2D eigenvalue weighted by Crippen LogP contribution is 2.41. The molecule has 0 amide bonds. The smallest absolute Gasteiger partial charge is 0.187 e. The number of nitrogens with zero attached hydrogens (tertiary/aromatic N) is 4. The maximum absolute atomic E-state index is 7.44. The van der Waals surface area contributed by atoms with Gasteiger partial charge in [-0.15, -0.1) is 0 Å². The molecular weight excluding hydrogens is 560 g/mol. The number of hydrogen-bond acceptors (Lipinski definition) is 3. The van der Waals surface area contributed by atoms with Crippen molar-refractivity contribution in [2.75, 3.05) is 0 Å². The number of pyridine rings is 3. The summed E-state index contributed by atoms with van der Waals surface area (Å²) in [6, 6.07) is 50.0. The van der Waals surface area contributed by atoms with Crippen molar-refractivity contribution in [3.8, 4) is 56.2 Å². The van der Waals surface area contributed by atoms with Crippen molar-refractivity contribution in [2.24, 2.45) is 0 Å². The summed E-state index contributed by atoms with van der Waals surface area (Å²) in [5, 5.41) is 4.64. The second-order valence-electron chi connectivity index (χ2n) is 11.2. The molecule has 0 atom stereocenters. The fourth-order valence-electron chi connectivity index (χ4n) is 6.12. The Balaban J connectivity index is 1.40. The van der Waals surface area contributed by atoms with Gasteiger partial charge in [0.25, 0.3) is 0 Å². The quantitative estimate of drug-likeness (QED) is 0.188. The Labute approximate surface area is 267 Å². The van der Waals surface area contributed by atoms with E-state index in [1.165, 1.54) is 10.8 Å². The van der Waals surface area contributed by atoms with Crippen LogP contribution in [-0.4, -0.2) is 15.0 Å². The van der Waals surface area contributed by atoms with Gasteiger partial charge in [-0.3, -0.25) is 9.97 Å². The summed E-state index contributed by atoms with van der Waals surface area (Å²) in [4.78, 5) is 17.9. The van der Waals surface area contributed by atoms with Gasteiger partial charge >= 0.3 is 0 Å². The highest BCUT2D eigenvalue weighted by Gasteiger charge is 2.16. The van der Waals surface area contributed by atoms with Gasteiger partial charge in [0, 0.05) is 12.4 Å². The van der Waals surface area contributed by atoms with Crippen LogP contribution >= 0.6 is 0 Å². The SMILES string of the molecule is [C-]#[N+]c1ccc(-c2cc3ccccc3cc2-c2cc(-c3cc(-c4ccccn4)nc(-c4ccccn4)c3)c3ccccc3c2)cc1.